The summed E-state index contributed by atoms with van der Waals surface area (Å²) in [6.07, 6.45) is 3.53. The molecule has 1 rings (SSSR count). The van der Waals surface area contributed by atoms with Crippen LogP contribution in [0.3, 0.4) is 0 Å². The Kier molecular flexibility index (Phi) is 6.37. The van der Waals surface area contributed by atoms with E-state index in [1.807, 2.05) is 19.2 Å². The molecule has 96 valence electrons. The predicted octanol–water partition coefficient (Wildman–Crippen LogP) is 2.85. The number of hydrogen-bond donors (Lipinski definition) is 1. The van der Waals surface area contributed by atoms with Gasteiger partial charge in [0.15, 0.2) is 11.6 Å². The Morgan fingerprint density at radius 1 is 1.47 bits per heavy atom. The number of rotatable bonds is 7. The normalized spacial score (nSPS) is 12.5. The summed E-state index contributed by atoms with van der Waals surface area (Å²) in [5.41, 5.74) is 6.76. The van der Waals surface area contributed by atoms with Gasteiger partial charge in [0.1, 0.15) is 0 Å². The molecule has 0 heterocycles. The van der Waals surface area contributed by atoms with Crippen LogP contribution in [0.4, 0.5) is 4.39 Å². The summed E-state index contributed by atoms with van der Waals surface area (Å²) in [5.74, 6) is 0.922. The van der Waals surface area contributed by atoms with Gasteiger partial charge in [-0.25, -0.2) is 4.39 Å². The van der Waals surface area contributed by atoms with Crippen molar-refractivity contribution in [2.24, 2.45) is 5.73 Å². The van der Waals surface area contributed by atoms with Crippen molar-refractivity contribution in [3.8, 4) is 5.75 Å². The summed E-state index contributed by atoms with van der Waals surface area (Å²) in [5, 5.41) is 0. The SMILES string of the molecule is CCC(N)Cc1cccc(F)c1OCCSC. The largest absolute Gasteiger partial charge is 0.489 e. The minimum atomic E-state index is -0.299. The predicted molar refractivity (Wildman–Crippen MR) is 72.2 cm³/mol. The average molecular weight is 257 g/mol. The van der Waals surface area contributed by atoms with Crippen LogP contribution in [0.5, 0.6) is 5.75 Å². The Bertz CT molecular complexity index is 346. The molecule has 0 aromatic heterocycles. The van der Waals surface area contributed by atoms with Crippen molar-refractivity contribution in [1.29, 1.82) is 0 Å². The lowest BCUT2D eigenvalue weighted by Gasteiger charge is -2.14. The van der Waals surface area contributed by atoms with Crippen molar-refractivity contribution in [1.82, 2.24) is 0 Å². The van der Waals surface area contributed by atoms with Gasteiger partial charge in [-0.15, -0.1) is 0 Å². The van der Waals surface area contributed by atoms with Crippen LogP contribution in [0.2, 0.25) is 0 Å². The fraction of sp³-hybridized carbons (Fsp3) is 0.538. The molecule has 0 saturated carbocycles. The Morgan fingerprint density at radius 2 is 2.24 bits per heavy atom. The van der Waals surface area contributed by atoms with E-state index < -0.39 is 0 Å². The van der Waals surface area contributed by atoms with Gasteiger partial charge in [-0.2, -0.15) is 11.8 Å². The lowest BCUT2D eigenvalue weighted by atomic mass is 10.0. The first kappa shape index (κ1) is 14.3. The molecule has 1 unspecified atom stereocenters. The highest BCUT2D eigenvalue weighted by atomic mass is 32.2. The summed E-state index contributed by atoms with van der Waals surface area (Å²) < 4.78 is 19.2. The van der Waals surface area contributed by atoms with E-state index in [2.05, 4.69) is 0 Å². The number of halogens is 1. The van der Waals surface area contributed by atoms with Crippen LogP contribution in [0.25, 0.3) is 0 Å². The van der Waals surface area contributed by atoms with E-state index in [4.69, 9.17) is 10.5 Å². The van der Waals surface area contributed by atoms with Crippen LogP contribution in [-0.4, -0.2) is 24.7 Å². The first-order valence-electron chi connectivity index (χ1n) is 5.83. The molecular formula is C13H20FNOS. The standard InChI is InChI=1S/C13H20FNOS/c1-3-11(15)9-10-5-4-6-12(14)13(10)16-7-8-17-2/h4-6,11H,3,7-9,15H2,1-2H3. The van der Waals surface area contributed by atoms with E-state index in [9.17, 15) is 4.39 Å². The molecule has 2 nitrogen and oxygen atoms in total. The van der Waals surface area contributed by atoms with E-state index >= 15 is 0 Å². The van der Waals surface area contributed by atoms with Crippen molar-refractivity contribution in [3.63, 3.8) is 0 Å². The maximum atomic E-state index is 13.7. The van der Waals surface area contributed by atoms with Gasteiger partial charge in [0.2, 0.25) is 0 Å². The van der Waals surface area contributed by atoms with Crippen LogP contribution < -0.4 is 10.5 Å². The quantitative estimate of drug-likeness (QED) is 0.763. The van der Waals surface area contributed by atoms with Gasteiger partial charge in [0.25, 0.3) is 0 Å². The first-order chi connectivity index (χ1) is 8.19. The monoisotopic (exact) mass is 257 g/mol. The molecule has 0 amide bonds. The second-order valence-electron chi connectivity index (χ2n) is 3.94. The molecule has 0 saturated heterocycles. The lowest BCUT2D eigenvalue weighted by Crippen LogP contribution is -2.22. The van der Waals surface area contributed by atoms with Crippen LogP contribution in [0, 0.1) is 5.82 Å². The molecule has 0 bridgehead atoms. The summed E-state index contributed by atoms with van der Waals surface area (Å²) in [6.45, 7) is 2.55. The zero-order valence-corrected chi connectivity index (χ0v) is 11.2. The number of para-hydroxylation sites is 1. The lowest BCUT2D eigenvalue weighted by molar-refractivity contribution is 0.320. The first-order valence-corrected chi connectivity index (χ1v) is 7.23. The smallest absolute Gasteiger partial charge is 0.165 e. The topological polar surface area (TPSA) is 35.2 Å². The Hall–Kier alpha value is -0.740. The van der Waals surface area contributed by atoms with Crippen molar-refractivity contribution < 1.29 is 9.13 Å². The summed E-state index contributed by atoms with van der Waals surface area (Å²) >= 11 is 1.68. The van der Waals surface area contributed by atoms with Crippen molar-refractivity contribution in [2.45, 2.75) is 25.8 Å². The molecule has 0 aliphatic heterocycles. The highest BCUT2D eigenvalue weighted by molar-refractivity contribution is 7.98. The van der Waals surface area contributed by atoms with Crippen molar-refractivity contribution in [3.05, 3.63) is 29.6 Å². The molecule has 1 atom stereocenters. The van der Waals surface area contributed by atoms with Gasteiger partial charge < -0.3 is 10.5 Å². The van der Waals surface area contributed by atoms with Gasteiger partial charge in [-0.3, -0.25) is 0 Å². The third-order valence-electron chi connectivity index (χ3n) is 2.59. The summed E-state index contributed by atoms with van der Waals surface area (Å²) in [4.78, 5) is 0. The third kappa shape index (κ3) is 4.56. The number of benzene rings is 1. The second-order valence-corrected chi connectivity index (χ2v) is 4.93. The molecule has 0 fully saturated rings. The molecule has 0 aliphatic rings. The number of ether oxygens (including phenoxy) is 1. The molecule has 17 heavy (non-hydrogen) atoms. The third-order valence-corrected chi connectivity index (χ3v) is 3.16. The minimum Gasteiger partial charge on any atom is -0.489 e. The molecule has 0 radical (unpaired) electrons. The Morgan fingerprint density at radius 3 is 2.88 bits per heavy atom. The fourth-order valence-electron chi connectivity index (χ4n) is 1.53. The number of hydrogen-bond acceptors (Lipinski definition) is 3. The maximum Gasteiger partial charge on any atom is 0.165 e. The highest BCUT2D eigenvalue weighted by Gasteiger charge is 2.12. The fourth-order valence-corrected chi connectivity index (χ4v) is 1.78. The Balaban J connectivity index is 2.76. The zero-order valence-electron chi connectivity index (χ0n) is 10.4. The molecule has 2 N–H and O–H groups in total. The molecule has 1 aromatic carbocycles. The van der Waals surface area contributed by atoms with Crippen LogP contribution >= 0.6 is 11.8 Å². The number of thioether (sulfide) groups is 1. The van der Waals surface area contributed by atoms with Gasteiger partial charge in [0, 0.05) is 11.8 Å². The van der Waals surface area contributed by atoms with E-state index in [1.54, 1.807) is 17.8 Å². The van der Waals surface area contributed by atoms with E-state index in [1.165, 1.54) is 6.07 Å². The molecule has 0 aliphatic carbocycles. The van der Waals surface area contributed by atoms with Crippen LogP contribution in [0.15, 0.2) is 18.2 Å². The molecule has 4 heteroatoms. The zero-order chi connectivity index (χ0) is 12.7. The van der Waals surface area contributed by atoms with Crippen LogP contribution in [-0.2, 0) is 6.42 Å². The van der Waals surface area contributed by atoms with E-state index in [0.717, 1.165) is 17.7 Å². The second kappa shape index (κ2) is 7.56. The Labute approximate surface area is 107 Å². The van der Waals surface area contributed by atoms with Gasteiger partial charge in [-0.05, 0) is 30.7 Å². The van der Waals surface area contributed by atoms with Crippen molar-refractivity contribution >= 4 is 11.8 Å². The highest BCUT2D eigenvalue weighted by Crippen LogP contribution is 2.24. The van der Waals surface area contributed by atoms with Gasteiger partial charge >= 0.3 is 0 Å². The molecule has 1 aromatic rings. The molecule has 0 spiro atoms. The van der Waals surface area contributed by atoms with Gasteiger partial charge in [-0.1, -0.05) is 19.1 Å². The summed E-state index contributed by atoms with van der Waals surface area (Å²) in [7, 11) is 0. The summed E-state index contributed by atoms with van der Waals surface area (Å²) in [6, 6.07) is 5.07. The van der Waals surface area contributed by atoms with Crippen LogP contribution in [0.1, 0.15) is 18.9 Å². The molecular weight excluding hydrogens is 237 g/mol. The average Bonchev–Trinajstić information content (AvgIpc) is 2.32. The van der Waals surface area contributed by atoms with E-state index in [-0.39, 0.29) is 11.9 Å². The van der Waals surface area contributed by atoms with Crippen molar-refractivity contribution in [2.75, 3.05) is 18.6 Å². The number of nitrogens with two attached hydrogens (primary N) is 1. The van der Waals surface area contributed by atoms with E-state index in [0.29, 0.717) is 18.8 Å². The maximum absolute atomic E-state index is 13.7. The minimum absolute atomic E-state index is 0.0553. The van der Waals surface area contributed by atoms with Gasteiger partial charge in [0.05, 0.1) is 6.61 Å².